The molecule has 4 aromatic rings. The van der Waals surface area contributed by atoms with Crippen LogP contribution in [-0.4, -0.2) is 19.9 Å². The Morgan fingerprint density at radius 2 is 1.69 bits per heavy atom. The Bertz CT molecular complexity index is 1330. The first-order valence-corrected chi connectivity index (χ1v) is 8.32. The number of hydrogen-bond acceptors (Lipinski definition) is 7. The molecule has 0 aliphatic rings. The molecule has 138 valence electrons. The number of fused-ring (bicyclic) bond motifs is 1. The molecule has 0 fully saturated rings. The van der Waals surface area contributed by atoms with Gasteiger partial charge < -0.3 is 4.74 Å². The lowest BCUT2D eigenvalue weighted by atomic mass is 10.1. The number of nitrogens with zero attached hydrogens (tertiary/aromatic N) is 6. The van der Waals surface area contributed by atoms with Crippen LogP contribution in [0.5, 0.6) is 11.5 Å². The van der Waals surface area contributed by atoms with Gasteiger partial charge in [-0.1, -0.05) is 17.3 Å². The van der Waals surface area contributed by atoms with Crippen molar-refractivity contribution in [1.29, 1.82) is 10.5 Å². The maximum Gasteiger partial charge on any atom is 0.269 e. The van der Waals surface area contributed by atoms with Crippen molar-refractivity contribution in [3.05, 3.63) is 81.9 Å². The number of aromatic nitrogens is 3. The molecule has 4 rings (SSSR count). The van der Waals surface area contributed by atoms with Gasteiger partial charge in [0.15, 0.2) is 5.75 Å². The van der Waals surface area contributed by atoms with Gasteiger partial charge in [0.05, 0.1) is 21.6 Å². The Morgan fingerprint density at radius 1 is 1.00 bits per heavy atom. The highest BCUT2D eigenvalue weighted by atomic mass is 16.6. The van der Waals surface area contributed by atoms with E-state index in [0.717, 1.165) is 0 Å². The molecular weight excluding hydrogens is 372 g/mol. The normalized spacial score (nSPS) is 10.3. The average Bonchev–Trinajstić information content (AvgIpc) is 3.17. The number of benzene rings is 3. The fourth-order valence-electron chi connectivity index (χ4n) is 2.81. The second-order valence-electron chi connectivity index (χ2n) is 5.93. The summed E-state index contributed by atoms with van der Waals surface area (Å²) in [4.78, 5) is 10.3. The van der Waals surface area contributed by atoms with Crippen molar-refractivity contribution in [3.8, 4) is 29.3 Å². The minimum absolute atomic E-state index is 0.0719. The number of non-ortho nitro benzene ring substituents is 1. The molecule has 3 aromatic carbocycles. The summed E-state index contributed by atoms with van der Waals surface area (Å²) in [5.41, 5.74) is 1.98. The standard InChI is InChI=1S/C20H10N6O3/c21-11-13-9-19(25-18-4-2-1-3-17(18)23-24-25)20(10-14(13)12-22)29-16-7-5-15(6-8-16)26(27)28/h1-10H. The lowest BCUT2D eigenvalue weighted by molar-refractivity contribution is -0.384. The topological polar surface area (TPSA) is 131 Å². The van der Waals surface area contributed by atoms with E-state index in [9.17, 15) is 20.6 Å². The van der Waals surface area contributed by atoms with Gasteiger partial charge in [-0.3, -0.25) is 10.1 Å². The molecule has 0 atom stereocenters. The zero-order valence-corrected chi connectivity index (χ0v) is 14.7. The van der Waals surface area contributed by atoms with Crippen molar-refractivity contribution in [2.24, 2.45) is 0 Å². The molecule has 0 unspecified atom stereocenters. The van der Waals surface area contributed by atoms with Crippen LogP contribution in [0.4, 0.5) is 5.69 Å². The van der Waals surface area contributed by atoms with Crippen LogP contribution in [0.1, 0.15) is 11.1 Å². The van der Waals surface area contributed by atoms with Gasteiger partial charge >= 0.3 is 0 Å². The quantitative estimate of drug-likeness (QED) is 0.387. The molecule has 0 saturated heterocycles. The second-order valence-corrected chi connectivity index (χ2v) is 5.93. The summed E-state index contributed by atoms with van der Waals surface area (Å²) in [6.07, 6.45) is 0. The highest BCUT2D eigenvalue weighted by Gasteiger charge is 2.17. The number of para-hydroxylation sites is 1. The maximum atomic E-state index is 10.8. The molecule has 0 saturated carbocycles. The Hall–Kier alpha value is -4.76. The molecule has 0 amide bonds. The molecule has 9 heteroatoms. The molecule has 9 nitrogen and oxygen atoms in total. The molecule has 0 aliphatic carbocycles. The Labute approximate surface area is 163 Å². The molecular formula is C20H10N6O3. The van der Waals surface area contributed by atoms with Crippen molar-refractivity contribution in [3.63, 3.8) is 0 Å². The molecule has 1 heterocycles. The summed E-state index contributed by atoms with van der Waals surface area (Å²) >= 11 is 0. The predicted octanol–water partition coefficient (Wildman–Crippen LogP) is 3.86. The average molecular weight is 382 g/mol. The lowest BCUT2D eigenvalue weighted by Gasteiger charge is -2.13. The van der Waals surface area contributed by atoms with Gasteiger partial charge in [-0.25, -0.2) is 4.68 Å². The van der Waals surface area contributed by atoms with E-state index in [2.05, 4.69) is 10.3 Å². The third-order valence-corrected chi connectivity index (χ3v) is 4.20. The van der Waals surface area contributed by atoms with Crippen LogP contribution in [0, 0.1) is 32.8 Å². The van der Waals surface area contributed by atoms with Gasteiger partial charge in [0.25, 0.3) is 5.69 Å². The van der Waals surface area contributed by atoms with Gasteiger partial charge in [-0.2, -0.15) is 10.5 Å². The highest BCUT2D eigenvalue weighted by Crippen LogP contribution is 2.33. The van der Waals surface area contributed by atoms with Crippen molar-refractivity contribution >= 4 is 16.7 Å². The fourth-order valence-corrected chi connectivity index (χ4v) is 2.81. The van der Waals surface area contributed by atoms with E-state index in [-0.39, 0.29) is 22.6 Å². The largest absolute Gasteiger partial charge is 0.455 e. The van der Waals surface area contributed by atoms with Gasteiger partial charge in [0, 0.05) is 18.2 Å². The van der Waals surface area contributed by atoms with Crippen LogP contribution in [0.3, 0.4) is 0 Å². The van der Waals surface area contributed by atoms with Crippen molar-refractivity contribution in [1.82, 2.24) is 15.0 Å². The zero-order valence-electron chi connectivity index (χ0n) is 14.7. The van der Waals surface area contributed by atoms with E-state index in [1.165, 1.54) is 41.1 Å². The zero-order chi connectivity index (χ0) is 20.4. The third-order valence-electron chi connectivity index (χ3n) is 4.20. The van der Waals surface area contributed by atoms with Crippen LogP contribution in [0.2, 0.25) is 0 Å². The monoisotopic (exact) mass is 382 g/mol. The fraction of sp³-hybridized carbons (Fsp3) is 0. The number of ether oxygens (including phenoxy) is 1. The van der Waals surface area contributed by atoms with E-state index < -0.39 is 4.92 Å². The van der Waals surface area contributed by atoms with Crippen LogP contribution in [0.15, 0.2) is 60.7 Å². The summed E-state index contributed by atoms with van der Waals surface area (Å²) in [7, 11) is 0. The summed E-state index contributed by atoms with van der Waals surface area (Å²) in [5.74, 6) is 0.583. The molecule has 29 heavy (non-hydrogen) atoms. The molecule has 0 spiro atoms. The number of rotatable bonds is 4. The van der Waals surface area contributed by atoms with Gasteiger partial charge in [0.1, 0.15) is 29.1 Å². The second kappa shape index (κ2) is 7.10. The highest BCUT2D eigenvalue weighted by molar-refractivity contribution is 5.77. The molecule has 0 bridgehead atoms. The molecule has 1 aromatic heterocycles. The van der Waals surface area contributed by atoms with Crippen LogP contribution < -0.4 is 4.74 Å². The predicted molar refractivity (Wildman–Crippen MR) is 101 cm³/mol. The van der Waals surface area contributed by atoms with Crippen LogP contribution in [0.25, 0.3) is 16.7 Å². The Balaban J connectivity index is 1.87. The van der Waals surface area contributed by atoms with Crippen molar-refractivity contribution < 1.29 is 9.66 Å². The minimum atomic E-state index is -0.508. The van der Waals surface area contributed by atoms with Gasteiger partial charge in [-0.15, -0.1) is 5.10 Å². The summed E-state index contributed by atoms with van der Waals surface area (Å²) < 4.78 is 7.40. The summed E-state index contributed by atoms with van der Waals surface area (Å²) in [5, 5.41) is 37.8. The number of hydrogen-bond donors (Lipinski definition) is 0. The first-order chi connectivity index (χ1) is 14.1. The van der Waals surface area contributed by atoms with Crippen molar-refractivity contribution in [2.45, 2.75) is 0 Å². The maximum absolute atomic E-state index is 10.8. The van der Waals surface area contributed by atoms with Crippen molar-refractivity contribution in [2.75, 3.05) is 0 Å². The first kappa shape index (κ1) is 17.6. The number of nitro groups is 1. The van der Waals surface area contributed by atoms with E-state index >= 15 is 0 Å². The van der Waals surface area contributed by atoms with Crippen LogP contribution >= 0.6 is 0 Å². The van der Waals surface area contributed by atoms with E-state index in [4.69, 9.17) is 4.74 Å². The lowest BCUT2D eigenvalue weighted by Crippen LogP contribution is -2.02. The minimum Gasteiger partial charge on any atom is -0.455 e. The summed E-state index contributed by atoms with van der Waals surface area (Å²) in [6.45, 7) is 0. The van der Waals surface area contributed by atoms with Gasteiger partial charge in [0.2, 0.25) is 0 Å². The van der Waals surface area contributed by atoms with E-state index in [1.54, 1.807) is 6.07 Å². The smallest absolute Gasteiger partial charge is 0.269 e. The Morgan fingerprint density at radius 3 is 2.38 bits per heavy atom. The third kappa shape index (κ3) is 3.20. The molecule has 0 aliphatic heterocycles. The SMILES string of the molecule is N#Cc1cc(Oc2ccc([N+](=O)[O-])cc2)c(-n2nnc3ccccc32)cc1C#N. The van der Waals surface area contributed by atoms with E-state index in [1.807, 2.05) is 30.3 Å². The molecule has 0 radical (unpaired) electrons. The number of nitriles is 2. The Kier molecular flexibility index (Phi) is 4.32. The van der Waals surface area contributed by atoms with E-state index in [0.29, 0.717) is 22.5 Å². The van der Waals surface area contributed by atoms with Crippen LogP contribution in [-0.2, 0) is 0 Å². The van der Waals surface area contributed by atoms with Gasteiger partial charge in [-0.05, 0) is 30.3 Å². The summed E-state index contributed by atoms with van der Waals surface area (Å²) in [6, 6.07) is 19.7. The first-order valence-electron chi connectivity index (χ1n) is 8.32. The molecule has 0 N–H and O–H groups in total. The number of nitro benzene ring substituents is 1.